The number of ether oxygens (including phenoxy) is 1. The number of amides is 1. The summed E-state index contributed by atoms with van der Waals surface area (Å²) in [4.78, 5) is 12.5. The third-order valence-corrected chi connectivity index (χ3v) is 4.84. The van der Waals surface area contributed by atoms with E-state index in [-0.39, 0.29) is 18.2 Å². The van der Waals surface area contributed by atoms with E-state index in [0.29, 0.717) is 22.6 Å². The van der Waals surface area contributed by atoms with Crippen LogP contribution in [0.4, 0.5) is 11.4 Å². The molecule has 1 aromatic heterocycles. The lowest BCUT2D eigenvalue weighted by Crippen LogP contribution is -2.22. The molecule has 0 atom stereocenters. The number of aryl methyl sites for hydroxylation is 1. The van der Waals surface area contributed by atoms with Crippen LogP contribution >= 0.6 is 0 Å². The van der Waals surface area contributed by atoms with Crippen LogP contribution in [-0.2, 0) is 6.54 Å². The molecule has 0 fully saturated rings. The van der Waals surface area contributed by atoms with Gasteiger partial charge in [-0.2, -0.15) is 5.11 Å². The number of phenolic OH excluding ortho intramolecular Hbond substituents is 1. The average Bonchev–Trinajstić information content (AvgIpc) is 3.32. The van der Waals surface area contributed by atoms with Crippen molar-refractivity contribution in [3.05, 3.63) is 89.7 Å². The predicted molar refractivity (Wildman–Crippen MR) is 123 cm³/mol. The minimum atomic E-state index is -0.242. The van der Waals surface area contributed by atoms with Crippen LogP contribution in [0.15, 0.2) is 83.2 Å². The molecule has 9 heteroatoms. The summed E-state index contributed by atoms with van der Waals surface area (Å²) >= 11 is 0. The van der Waals surface area contributed by atoms with E-state index in [2.05, 4.69) is 25.9 Å². The SMILES string of the molecule is COc1ccc(-n2cc(CNC(=O)c3ccc(N=Nc4cc(C)ccc4O)cc3)nn2)cc1. The van der Waals surface area contributed by atoms with Crippen molar-refractivity contribution in [3.63, 3.8) is 0 Å². The van der Waals surface area contributed by atoms with Crippen LogP contribution in [0.25, 0.3) is 5.69 Å². The van der Waals surface area contributed by atoms with Crippen molar-refractivity contribution in [1.82, 2.24) is 20.3 Å². The van der Waals surface area contributed by atoms with Crippen molar-refractivity contribution in [2.45, 2.75) is 13.5 Å². The van der Waals surface area contributed by atoms with E-state index in [1.165, 1.54) is 0 Å². The summed E-state index contributed by atoms with van der Waals surface area (Å²) in [6.45, 7) is 2.15. The van der Waals surface area contributed by atoms with Crippen molar-refractivity contribution in [2.75, 3.05) is 7.11 Å². The summed E-state index contributed by atoms with van der Waals surface area (Å²) in [6.07, 6.45) is 1.76. The van der Waals surface area contributed by atoms with Crippen LogP contribution in [0.5, 0.6) is 11.5 Å². The summed E-state index contributed by atoms with van der Waals surface area (Å²) in [5, 5.41) is 29.1. The number of carbonyl (C=O) groups excluding carboxylic acids is 1. The molecule has 3 aromatic carbocycles. The van der Waals surface area contributed by atoms with Crippen LogP contribution in [0.1, 0.15) is 21.6 Å². The van der Waals surface area contributed by atoms with Gasteiger partial charge in [-0.25, -0.2) is 4.68 Å². The van der Waals surface area contributed by atoms with Gasteiger partial charge in [-0.3, -0.25) is 4.79 Å². The second kappa shape index (κ2) is 9.73. The summed E-state index contributed by atoms with van der Waals surface area (Å²) < 4.78 is 6.79. The highest BCUT2D eigenvalue weighted by atomic mass is 16.5. The fourth-order valence-corrected chi connectivity index (χ4v) is 3.02. The molecule has 4 rings (SSSR count). The Balaban J connectivity index is 1.35. The Morgan fingerprint density at radius 2 is 1.82 bits per heavy atom. The highest BCUT2D eigenvalue weighted by molar-refractivity contribution is 5.94. The number of rotatable bonds is 7. The van der Waals surface area contributed by atoms with Crippen LogP contribution in [0.3, 0.4) is 0 Å². The minimum absolute atomic E-state index is 0.0595. The second-order valence-corrected chi connectivity index (χ2v) is 7.27. The Labute approximate surface area is 190 Å². The van der Waals surface area contributed by atoms with Crippen molar-refractivity contribution < 1.29 is 14.6 Å². The van der Waals surface area contributed by atoms with Gasteiger partial charge in [0.25, 0.3) is 5.91 Å². The molecule has 0 unspecified atom stereocenters. The van der Waals surface area contributed by atoms with Gasteiger partial charge < -0.3 is 15.2 Å². The third-order valence-electron chi connectivity index (χ3n) is 4.84. The average molecular weight is 442 g/mol. The lowest BCUT2D eigenvalue weighted by atomic mass is 10.2. The first kappa shape index (κ1) is 21.7. The van der Waals surface area contributed by atoms with Gasteiger partial charge in [0.2, 0.25) is 0 Å². The fourth-order valence-electron chi connectivity index (χ4n) is 3.02. The standard InChI is InChI=1S/C24H22N6O3/c1-16-3-12-23(31)22(13-16)28-26-18-6-4-17(5-7-18)24(32)25-14-19-15-30(29-27-19)20-8-10-21(33-2)11-9-20/h3-13,15,31H,14H2,1-2H3,(H,25,32). The first-order chi connectivity index (χ1) is 16.0. The first-order valence-corrected chi connectivity index (χ1v) is 10.2. The number of azo groups is 1. The molecule has 33 heavy (non-hydrogen) atoms. The molecule has 0 spiro atoms. The van der Waals surface area contributed by atoms with E-state index in [9.17, 15) is 9.90 Å². The van der Waals surface area contributed by atoms with E-state index in [1.54, 1.807) is 60.5 Å². The Kier molecular flexibility index (Phi) is 6.40. The highest BCUT2D eigenvalue weighted by Crippen LogP contribution is 2.28. The maximum absolute atomic E-state index is 12.5. The molecule has 1 amide bonds. The summed E-state index contributed by atoms with van der Waals surface area (Å²) in [7, 11) is 1.61. The Morgan fingerprint density at radius 3 is 2.55 bits per heavy atom. The quantitative estimate of drug-likeness (QED) is 0.405. The van der Waals surface area contributed by atoms with Gasteiger partial charge in [-0.15, -0.1) is 10.2 Å². The van der Waals surface area contributed by atoms with Gasteiger partial charge in [-0.1, -0.05) is 11.3 Å². The number of aromatic hydroxyl groups is 1. The van der Waals surface area contributed by atoms with Crippen LogP contribution in [-0.4, -0.2) is 33.1 Å². The van der Waals surface area contributed by atoms with E-state index >= 15 is 0 Å². The van der Waals surface area contributed by atoms with E-state index in [4.69, 9.17) is 4.74 Å². The van der Waals surface area contributed by atoms with Crippen molar-refractivity contribution in [2.24, 2.45) is 10.2 Å². The minimum Gasteiger partial charge on any atom is -0.506 e. The second-order valence-electron chi connectivity index (χ2n) is 7.27. The fraction of sp³-hybridized carbons (Fsp3) is 0.125. The Hall–Kier alpha value is -4.53. The topological polar surface area (TPSA) is 114 Å². The number of methoxy groups -OCH3 is 1. The summed E-state index contributed by atoms with van der Waals surface area (Å²) in [6, 6.07) is 19.2. The molecule has 0 aliphatic rings. The molecule has 0 bridgehead atoms. The predicted octanol–water partition coefficient (Wildman–Crippen LogP) is 4.64. The number of hydrogen-bond acceptors (Lipinski definition) is 7. The van der Waals surface area contributed by atoms with Gasteiger partial charge in [0.05, 0.1) is 31.2 Å². The molecular weight excluding hydrogens is 420 g/mol. The smallest absolute Gasteiger partial charge is 0.251 e. The van der Waals surface area contributed by atoms with Gasteiger partial charge in [0.1, 0.15) is 22.9 Å². The van der Waals surface area contributed by atoms with E-state index in [1.807, 2.05) is 31.2 Å². The molecule has 166 valence electrons. The van der Waals surface area contributed by atoms with Gasteiger partial charge in [0.15, 0.2) is 0 Å². The molecule has 0 saturated heterocycles. The third kappa shape index (κ3) is 5.40. The Bertz CT molecular complexity index is 1280. The first-order valence-electron chi connectivity index (χ1n) is 10.2. The molecule has 0 aliphatic carbocycles. The summed E-state index contributed by atoms with van der Waals surface area (Å²) in [5.74, 6) is 0.574. The number of phenols is 1. The van der Waals surface area contributed by atoms with E-state index < -0.39 is 0 Å². The molecule has 9 nitrogen and oxygen atoms in total. The maximum Gasteiger partial charge on any atom is 0.251 e. The van der Waals surface area contributed by atoms with Crippen molar-refractivity contribution in [3.8, 4) is 17.2 Å². The molecule has 0 saturated carbocycles. The largest absolute Gasteiger partial charge is 0.506 e. The van der Waals surface area contributed by atoms with Gasteiger partial charge in [-0.05, 0) is 73.2 Å². The number of carbonyl (C=O) groups is 1. The van der Waals surface area contributed by atoms with E-state index in [0.717, 1.165) is 17.0 Å². The number of aromatic nitrogens is 3. The van der Waals surface area contributed by atoms with Crippen molar-refractivity contribution >= 4 is 17.3 Å². The normalized spacial score (nSPS) is 11.0. The number of nitrogens with one attached hydrogen (secondary N) is 1. The van der Waals surface area contributed by atoms with Gasteiger partial charge in [0, 0.05) is 5.56 Å². The molecule has 1 heterocycles. The molecule has 0 radical (unpaired) electrons. The zero-order chi connectivity index (χ0) is 23.2. The molecule has 4 aromatic rings. The van der Waals surface area contributed by atoms with Crippen molar-refractivity contribution in [1.29, 1.82) is 0 Å². The van der Waals surface area contributed by atoms with Crippen LogP contribution in [0.2, 0.25) is 0 Å². The summed E-state index contributed by atoms with van der Waals surface area (Å²) in [5.41, 5.74) is 3.87. The Morgan fingerprint density at radius 1 is 1.06 bits per heavy atom. The number of benzene rings is 3. The van der Waals surface area contributed by atoms with Gasteiger partial charge >= 0.3 is 0 Å². The zero-order valence-corrected chi connectivity index (χ0v) is 18.1. The number of nitrogens with zero attached hydrogens (tertiary/aromatic N) is 5. The monoisotopic (exact) mass is 442 g/mol. The van der Waals surface area contributed by atoms with Crippen LogP contribution < -0.4 is 10.1 Å². The lowest BCUT2D eigenvalue weighted by molar-refractivity contribution is 0.0950. The number of hydrogen-bond donors (Lipinski definition) is 2. The highest BCUT2D eigenvalue weighted by Gasteiger charge is 2.08. The zero-order valence-electron chi connectivity index (χ0n) is 18.1. The maximum atomic E-state index is 12.5. The molecule has 0 aliphatic heterocycles. The lowest BCUT2D eigenvalue weighted by Gasteiger charge is -2.04. The molecule has 2 N–H and O–H groups in total. The van der Waals surface area contributed by atoms with Crippen LogP contribution in [0, 0.1) is 6.92 Å². The molecular formula is C24H22N6O3.